The summed E-state index contributed by atoms with van der Waals surface area (Å²) in [4.78, 5) is 12.2. The second-order valence-electron chi connectivity index (χ2n) is 6.43. The van der Waals surface area contributed by atoms with Gasteiger partial charge in [-0.15, -0.1) is 0 Å². The summed E-state index contributed by atoms with van der Waals surface area (Å²) in [5.41, 5.74) is 4.66. The Labute approximate surface area is 142 Å². The predicted molar refractivity (Wildman–Crippen MR) is 96.4 cm³/mol. The quantitative estimate of drug-likeness (QED) is 0.820. The van der Waals surface area contributed by atoms with Crippen LogP contribution in [0.1, 0.15) is 30.9 Å². The van der Waals surface area contributed by atoms with E-state index in [9.17, 15) is 4.79 Å². The molecular weight excluding hydrogens is 296 g/mol. The number of nitrogens with zero attached hydrogens (tertiary/aromatic N) is 2. The number of fused-ring (bicyclic) bond motifs is 1. The molecule has 24 heavy (non-hydrogen) atoms. The predicted octanol–water partition coefficient (Wildman–Crippen LogP) is 4.12. The second kappa shape index (κ2) is 6.08. The van der Waals surface area contributed by atoms with Crippen molar-refractivity contribution in [3.8, 4) is 0 Å². The molecule has 2 aromatic carbocycles. The van der Waals surface area contributed by atoms with E-state index in [1.807, 2.05) is 36.4 Å². The maximum atomic E-state index is 12.2. The van der Waals surface area contributed by atoms with E-state index in [0.717, 1.165) is 24.1 Å². The summed E-state index contributed by atoms with van der Waals surface area (Å²) in [5.74, 6) is 0.308. The first kappa shape index (κ1) is 14.9. The maximum absolute atomic E-state index is 12.2. The highest BCUT2D eigenvalue weighted by Crippen LogP contribution is 2.42. The molecule has 1 saturated carbocycles. The molecule has 1 aliphatic carbocycles. The normalized spacial score (nSPS) is 24.1. The van der Waals surface area contributed by atoms with Gasteiger partial charge >= 0.3 is 0 Å². The zero-order chi connectivity index (χ0) is 16.5. The Hall–Kier alpha value is -2.68. The molecule has 0 bridgehead atoms. The molecule has 120 valence electrons. The van der Waals surface area contributed by atoms with E-state index < -0.39 is 0 Å². The van der Waals surface area contributed by atoms with Crippen molar-refractivity contribution in [2.75, 3.05) is 0 Å². The van der Waals surface area contributed by atoms with Crippen LogP contribution in [0.25, 0.3) is 6.08 Å². The molecule has 3 heteroatoms. The van der Waals surface area contributed by atoms with Gasteiger partial charge in [0.15, 0.2) is 0 Å². The number of hydrogen-bond donors (Lipinski definition) is 0. The fourth-order valence-corrected chi connectivity index (χ4v) is 3.82. The summed E-state index contributed by atoms with van der Waals surface area (Å²) in [7, 11) is 0. The molecule has 4 rings (SSSR count). The Balaban J connectivity index is 1.72. The van der Waals surface area contributed by atoms with E-state index in [0.29, 0.717) is 5.92 Å². The van der Waals surface area contributed by atoms with E-state index in [1.54, 1.807) is 11.9 Å². The summed E-state index contributed by atoms with van der Waals surface area (Å²) < 4.78 is 0. The second-order valence-corrected chi connectivity index (χ2v) is 6.43. The average Bonchev–Trinajstić information content (AvgIpc) is 3.18. The number of amides is 1. The monoisotopic (exact) mass is 316 g/mol. The Kier molecular flexibility index (Phi) is 3.77. The number of carbonyl (C=O) groups is 1. The lowest BCUT2D eigenvalue weighted by Gasteiger charge is -2.21. The molecule has 2 atom stereocenters. The van der Waals surface area contributed by atoms with Crippen molar-refractivity contribution in [3.05, 3.63) is 77.4 Å². The van der Waals surface area contributed by atoms with E-state index in [1.165, 1.54) is 11.1 Å². The number of rotatable bonds is 2. The van der Waals surface area contributed by atoms with Gasteiger partial charge in [-0.2, -0.15) is 5.10 Å². The van der Waals surface area contributed by atoms with Gasteiger partial charge in [-0.3, -0.25) is 4.79 Å². The third-order valence-corrected chi connectivity index (χ3v) is 4.88. The lowest BCUT2D eigenvalue weighted by atomic mass is 9.92. The first-order valence-electron chi connectivity index (χ1n) is 8.43. The number of carbonyl (C=O) groups excluding carboxylic acids is 1. The lowest BCUT2D eigenvalue weighted by molar-refractivity contribution is -0.130. The van der Waals surface area contributed by atoms with Gasteiger partial charge in [0.05, 0.1) is 11.8 Å². The van der Waals surface area contributed by atoms with Crippen molar-refractivity contribution in [2.24, 2.45) is 11.0 Å². The zero-order valence-electron chi connectivity index (χ0n) is 13.7. The van der Waals surface area contributed by atoms with Crippen molar-refractivity contribution in [3.63, 3.8) is 0 Å². The summed E-state index contributed by atoms with van der Waals surface area (Å²) in [6.07, 6.45) is 4.28. The van der Waals surface area contributed by atoms with Crippen LogP contribution < -0.4 is 0 Å². The lowest BCUT2D eigenvalue weighted by Crippen LogP contribution is -2.34. The summed E-state index contributed by atoms with van der Waals surface area (Å²) >= 11 is 0. The van der Waals surface area contributed by atoms with E-state index in [2.05, 4.69) is 30.3 Å². The Morgan fingerprint density at radius 3 is 2.42 bits per heavy atom. The van der Waals surface area contributed by atoms with Gasteiger partial charge in [-0.05, 0) is 29.5 Å². The minimum absolute atomic E-state index is 0.0109. The fourth-order valence-electron chi connectivity index (χ4n) is 3.82. The van der Waals surface area contributed by atoms with Gasteiger partial charge in [-0.1, -0.05) is 66.7 Å². The van der Waals surface area contributed by atoms with Crippen molar-refractivity contribution < 1.29 is 4.79 Å². The number of benzene rings is 2. The van der Waals surface area contributed by atoms with Gasteiger partial charge in [0.25, 0.3) is 0 Å². The van der Waals surface area contributed by atoms with Crippen LogP contribution in [0.3, 0.4) is 0 Å². The van der Waals surface area contributed by atoms with Crippen LogP contribution in [-0.2, 0) is 4.79 Å². The minimum Gasteiger partial charge on any atom is -0.273 e. The average molecular weight is 316 g/mol. The molecule has 2 unspecified atom stereocenters. The Morgan fingerprint density at radius 2 is 1.75 bits per heavy atom. The van der Waals surface area contributed by atoms with Crippen molar-refractivity contribution in [1.29, 1.82) is 0 Å². The van der Waals surface area contributed by atoms with Gasteiger partial charge in [0.2, 0.25) is 5.91 Å². The maximum Gasteiger partial charge on any atom is 0.240 e. The number of hydrazone groups is 1. The fraction of sp³-hybridized carbons (Fsp3) is 0.238. The van der Waals surface area contributed by atoms with Gasteiger partial charge in [0, 0.05) is 12.8 Å². The number of hydrogen-bond acceptors (Lipinski definition) is 2. The molecule has 0 N–H and O–H groups in total. The van der Waals surface area contributed by atoms with Gasteiger partial charge in [0.1, 0.15) is 0 Å². The van der Waals surface area contributed by atoms with E-state index in [-0.39, 0.29) is 11.9 Å². The SMILES string of the molecule is CC(=O)N1N=C(c2ccccc2)C2CC/C(=C\c3ccccc3)C21. The molecule has 0 aromatic heterocycles. The Morgan fingerprint density at radius 1 is 1.08 bits per heavy atom. The first-order valence-corrected chi connectivity index (χ1v) is 8.43. The van der Waals surface area contributed by atoms with E-state index in [4.69, 9.17) is 5.10 Å². The molecule has 2 aliphatic rings. The molecule has 1 heterocycles. The van der Waals surface area contributed by atoms with E-state index >= 15 is 0 Å². The highest BCUT2D eigenvalue weighted by Gasteiger charge is 2.45. The van der Waals surface area contributed by atoms with Crippen LogP contribution >= 0.6 is 0 Å². The molecule has 3 nitrogen and oxygen atoms in total. The molecule has 0 radical (unpaired) electrons. The Bertz CT molecular complexity index is 808. The largest absolute Gasteiger partial charge is 0.273 e. The molecule has 1 amide bonds. The summed E-state index contributed by atoms with van der Waals surface area (Å²) in [5, 5.41) is 6.38. The topological polar surface area (TPSA) is 32.7 Å². The molecule has 2 aromatic rings. The zero-order valence-corrected chi connectivity index (χ0v) is 13.7. The standard InChI is InChI=1S/C21H20N2O/c1-15(24)23-21-18(14-16-8-4-2-5-9-16)12-13-19(21)20(22-23)17-10-6-3-7-11-17/h2-11,14,19,21H,12-13H2,1H3/b18-14+. The van der Waals surface area contributed by atoms with Crippen LogP contribution in [0.15, 0.2) is 71.3 Å². The van der Waals surface area contributed by atoms with Crippen LogP contribution in [0.5, 0.6) is 0 Å². The van der Waals surface area contributed by atoms with Crippen molar-refractivity contribution in [2.45, 2.75) is 25.8 Å². The highest BCUT2D eigenvalue weighted by atomic mass is 16.2. The summed E-state index contributed by atoms with van der Waals surface area (Å²) in [6.45, 7) is 1.60. The first-order chi connectivity index (χ1) is 11.7. The molecule has 0 spiro atoms. The van der Waals surface area contributed by atoms with Gasteiger partial charge in [-0.25, -0.2) is 5.01 Å². The minimum atomic E-state index is 0.0109. The van der Waals surface area contributed by atoms with Crippen LogP contribution in [-0.4, -0.2) is 22.7 Å². The van der Waals surface area contributed by atoms with Crippen molar-refractivity contribution in [1.82, 2.24) is 5.01 Å². The molecule has 1 fully saturated rings. The van der Waals surface area contributed by atoms with Crippen LogP contribution in [0.4, 0.5) is 0 Å². The van der Waals surface area contributed by atoms with Crippen molar-refractivity contribution >= 4 is 17.7 Å². The third-order valence-electron chi connectivity index (χ3n) is 4.88. The third kappa shape index (κ3) is 2.56. The van der Waals surface area contributed by atoms with Crippen LogP contribution in [0.2, 0.25) is 0 Å². The van der Waals surface area contributed by atoms with Gasteiger partial charge < -0.3 is 0 Å². The smallest absolute Gasteiger partial charge is 0.240 e. The molecular formula is C21H20N2O. The molecule has 0 saturated heterocycles. The van der Waals surface area contributed by atoms with Crippen LogP contribution in [0, 0.1) is 5.92 Å². The molecule has 1 aliphatic heterocycles. The highest BCUT2D eigenvalue weighted by molar-refractivity contribution is 6.05. The summed E-state index contributed by atoms with van der Waals surface area (Å²) in [6, 6.07) is 20.6.